The van der Waals surface area contributed by atoms with Crippen LogP contribution in [0, 0.1) is 11.3 Å². The quantitative estimate of drug-likeness (QED) is 0.318. The highest BCUT2D eigenvalue weighted by Crippen LogP contribution is 2.30. The van der Waals surface area contributed by atoms with Crippen LogP contribution < -0.4 is 0 Å². The smallest absolute Gasteiger partial charge is 0.166 e. The van der Waals surface area contributed by atoms with Gasteiger partial charge in [0.05, 0.1) is 27.4 Å². The van der Waals surface area contributed by atoms with Gasteiger partial charge in [-0.1, -0.05) is 54.6 Å². The number of nitriles is 1. The van der Waals surface area contributed by atoms with E-state index >= 15 is 0 Å². The van der Waals surface area contributed by atoms with Crippen molar-refractivity contribution in [2.75, 3.05) is 0 Å². The van der Waals surface area contributed by atoms with Gasteiger partial charge >= 0.3 is 0 Å². The Bertz CT molecular complexity index is 1140. The average Bonchev–Trinajstić information content (AvgIpc) is 2.81. The van der Waals surface area contributed by atoms with Gasteiger partial charge in [-0.3, -0.25) is 0 Å². The maximum atomic E-state index is 10.4. The van der Waals surface area contributed by atoms with Crippen molar-refractivity contribution in [3.05, 3.63) is 121 Å². The molecule has 4 rings (SSSR count). The Morgan fingerprint density at radius 1 is 0.613 bits per heavy atom. The molecule has 0 aromatic heterocycles. The molecule has 0 aliphatic carbocycles. The van der Waals surface area contributed by atoms with E-state index in [0.717, 1.165) is 12.1 Å². The van der Waals surface area contributed by atoms with Gasteiger partial charge in [0.1, 0.15) is 10.1 Å². The van der Waals surface area contributed by atoms with E-state index in [4.69, 9.17) is 5.26 Å². The molecule has 0 saturated heterocycles. The van der Waals surface area contributed by atoms with Crippen molar-refractivity contribution in [1.29, 1.82) is 5.26 Å². The zero-order valence-electron chi connectivity index (χ0n) is 16.5. The van der Waals surface area contributed by atoms with E-state index in [0.29, 0.717) is 5.56 Å². The minimum Gasteiger partial charge on any atom is -0.744 e. The molecule has 0 unspecified atom stereocenters. The lowest BCUT2D eigenvalue weighted by Crippen LogP contribution is -2.04. The van der Waals surface area contributed by atoms with E-state index in [2.05, 4.69) is 91.0 Å². The molecule has 0 fully saturated rings. The Morgan fingerprint density at radius 3 is 1.26 bits per heavy atom. The monoisotopic (exact) mass is 445 g/mol. The number of benzene rings is 4. The number of hydrogen-bond donors (Lipinski definition) is 0. The van der Waals surface area contributed by atoms with Crippen molar-refractivity contribution in [2.24, 2.45) is 0 Å². The van der Waals surface area contributed by atoms with Gasteiger partial charge in [-0.25, -0.2) is 8.42 Å². The van der Waals surface area contributed by atoms with Crippen LogP contribution in [0.15, 0.2) is 135 Å². The molecule has 154 valence electrons. The van der Waals surface area contributed by atoms with Crippen molar-refractivity contribution in [3.8, 4) is 6.07 Å². The zero-order valence-corrected chi connectivity index (χ0v) is 18.1. The second kappa shape index (κ2) is 10.6. The van der Waals surface area contributed by atoms with Gasteiger partial charge in [-0.05, 0) is 60.7 Å². The van der Waals surface area contributed by atoms with Crippen LogP contribution in [0.2, 0.25) is 0 Å². The van der Waals surface area contributed by atoms with Crippen LogP contribution in [0.4, 0.5) is 0 Å². The van der Waals surface area contributed by atoms with Crippen molar-refractivity contribution in [1.82, 2.24) is 0 Å². The largest absolute Gasteiger partial charge is 0.744 e. The minimum absolute atomic E-state index is 0.0146. The molecule has 0 amide bonds. The van der Waals surface area contributed by atoms with Gasteiger partial charge in [-0.15, -0.1) is 0 Å². The molecular formula is C25H19NO3S2. The SMILES string of the molecule is N#Cc1ccc(S(=O)(=O)[O-])cc1.c1ccc([S+](c2ccccc2)c2ccccc2)cc1. The highest BCUT2D eigenvalue weighted by molar-refractivity contribution is 7.97. The van der Waals surface area contributed by atoms with Crippen LogP contribution in [0.5, 0.6) is 0 Å². The van der Waals surface area contributed by atoms with E-state index in [1.165, 1.54) is 26.8 Å². The van der Waals surface area contributed by atoms with E-state index in [9.17, 15) is 13.0 Å². The van der Waals surface area contributed by atoms with Crippen molar-refractivity contribution >= 4 is 21.0 Å². The highest BCUT2D eigenvalue weighted by atomic mass is 32.2. The van der Waals surface area contributed by atoms with Crippen LogP contribution in [-0.2, 0) is 21.0 Å². The fraction of sp³-hybridized carbons (Fsp3) is 0. The summed E-state index contributed by atoms with van der Waals surface area (Å²) < 4.78 is 31.2. The number of rotatable bonds is 4. The number of hydrogen-bond acceptors (Lipinski definition) is 4. The Balaban J connectivity index is 0.000000196. The van der Waals surface area contributed by atoms with Crippen LogP contribution in [-0.4, -0.2) is 13.0 Å². The van der Waals surface area contributed by atoms with E-state index < -0.39 is 10.1 Å². The lowest BCUT2D eigenvalue weighted by Gasteiger charge is -2.07. The summed E-state index contributed by atoms with van der Waals surface area (Å²) in [6, 6.07) is 38.8. The highest BCUT2D eigenvalue weighted by Gasteiger charge is 2.27. The van der Waals surface area contributed by atoms with Crippen LogP contribution in [0.3, 0.4) is 0 Å². The van der Waals surface area contributed by atoms with Crippen LogP contribution in [0.1, 0.15) is 5.56 Å². The van der Waals surface area contributed by atoms with Crippen molar-refractivity contribution in [2.45, 2.75) is 19.6 Å². The second-order valence-corrected chi connectivity index (χ2v) is 9.74. The van der Waals surface area contributed by atoms with Gasteiger partial charge in [0.25, 0.3) is 0 Å². The van der Waals surface area contributed by atoms with E-state index in [-0.39, 0.29) is 15.8 Å². The molecule has 0 aliphatic heterocycles. The third-order valence-corrected chi connectivity index (χ3v) is 7.29. The topological polar surface area (TPSA) is 81.0 Å². The Kier molecular flexibility index (Phi) is 7.63. The first-order chi connectivity index (χ1) is 15.0. The van der Waals surface area contributed by atoms with Crippen molar-refractivity contribution < 1.29 is 13.0 Å². The molecule has 31 heavy (non-hydrogen) atoms. The molecule has 0 spiro atoms. The molecule has 4 aromatic rings. The fourth-order valence-corrected chi connectivity index (χ4v) is 5.35. The second-order valence-electron chi connectivity index (χ2n) is 6.34. The third-order valence-electron chi connectivity index (χ3n) is 4.21. The molecule has 0 heterocycles. The van der Waals surface area contributed by atoms with Gasteiger partial charge < -0.3 is 4.55 Å². The fourth-order valence-electron chi connectivity index (χ4n) is 2.77. The molecule has 0 radical (unpaired) electrons. The first-order valence-corrected chi connectivity index (χ1v) is 12.0. The summed E-state index contributed by atoms with van der Waals surface area (Å²) in [4.78, 5) is 3.77. The maximum Gasteiger partial charge on any atom is 0.166 e. The predicted molar refractivity (Wildman–Crippen MR) is 121 cm³/mol. The standard InChI is InChI=1S/C18H15S.C7H5NO3S/c1-4-10-16(11-5-1)19(17-12-6-2-7-13-17)18-14-8-3-9-15-18;8-5-6-1-3-7(4-2-6)12(9,10)11/h1-15H;1-4H,(H,9,10,11)/q+1;/p-1. The van der Waals surface area contributed by atoms with Gasteiger partial charge in [0.15, 0.2) is 14.7 Å². The molecule has 0 saturated carbocycles. The molecule has 4 aromatic carbocycles. The van der Waals surface area contributed by atoms with Crippen LogP contribution >= 0.6 is 0 Å². The first-order valence-electron chi connectivity index (χ1n) is 9.34. The predicted octanol–water partition coefficient (Wildman–Crippen LogP) is 5.24. The average molecular weight is 446 g/mol. The van der Waals surface area contributed by atoms with E-state index in [1.54, 1.807) is 0 Å². The summed E-state index contributed by atoms with van der Waals surface area (Å²) in [6.07, 6.45) is 0. The molecule has 0 bridgehead atoms. The van der Waals surface area contributed by atoms with E-state index in [1.807, 2.05) is 6.07 Å². The molecule has 0 aliphatic rings. The normalized spacial score (nSPS) is 10.6. The number of nitrogens with zero attached hydrogens (tertiary/aromatic N) is 1. The molecular weight excluding hydrogens is 426 g/mol. The summed E-state index contributed by atoms with van der Waals surface area (Å²) in [5.41, 5.74) is 0.322. The van der Waals surface area contributed by atoms with Gasteiger partial charge in [0.2, 0.25) is 0 Å². The Labute approximate surface area is 185 Å². The zero-order chi connectivity index (χ0) is 22.1. The molecule has 0 N–H and O–H groups in total. The summed E-state index contributed by atoms with van der Waals surface area (Å²) in [5.74, 6) is 0. The Morgan fingerprint density at radius 2 is 0.968 bits per heavy atom. The van der Waals surface area contributed by atoms with Gasteiger partial charge in [-0.2, -0.15) is 5.26 Å². The molecule has 6 heteroatoms. The van der Waals surface area contributed by atoms with Crippen molar-refractivity contribution in [3.63, 3.8) is 0 Å². The summed E-state index contributed by atoms with van der Waals surface area (Å²) in [7, 11) is -4.40. The summed E-state index contributed by atoms with van der Waals surface area (Å²) >= 11 is 0. The first kappa shape index (κ1) is 22.3. The van der Waals surface area contributed by atoms with Crippen LogP contribution in [0.25, 0.3) is 0 Å². The Hall–Kier alpha value is -3.37. The lowest BCUT2D eigenvalue weighted by atomic mass is 10.2. The third kappa shape index (κ3) is 6.30. The maximum absolute atomic E-state index is 10.4. The summed E-state index contributed by atoms with van der Waals surface area (Å²) in [6.45, 7) is 0. The molecule has 4 nitrogen and oxygen atoms in total. The van der Waals surface area contributed by atoms with Gasteiger partial charge in [0, 0.05) is 0 Å². The molecule has 0 atom stereocenters. The summed E-state index contributed by atoms with van der Waals surface area (Å²) in [5, 5.41) is 8.35. The minimum atomic E-state index is -4.39. The lowest BCUT2D eigenvalue weighted by molar-refractivity contribution is 0.463.